The van der Waals surface area contributed by atoms with Gasteiger partial charge in [0, 0.05) is 21.9 Å². The van der Waals surface area contributed by atoms with Crippen LogP contribution in [-0.4, -0.2) is 17.1 Å². The Morgan fingerprint density at radius 1 is 1.26 bits per heavy atom. The Balaban J connectivity index is 2.37. The van der Waals surface area contributed by atoms with E-state index >= 15 is 0 Å². The number of ether oxygens (including phenoxy) is 1. The molecule has 0 aliphatic heterocycles. The molecule has 0 unspecified atom stereocenters. The summed E-state index contributed by atoms with van der Waals surface area (Å²) in [6, 6.07) is 6.01. The van der Waals surface area contributed by atoms with Crippen molar-refractivity contribution in [2.24, 2.45) is 0 Å². The Bertz CT molecular complexity index is 938. The van der Waals surface area contributed by atoms with Crippen molar-refractivity contribution in [2.45, 2.75) is 33.6 Å². The maximum absolute atomic E-state index is 12.7. The van der Waals surface area contributed by atoms with Crippen molar-refractivity contribution in [3.8, 4) is 16.9 Å². The second kappa shape index (κ2) is 5.81. The van der Waals surface area contributed by atoms with Gasteiger partial charge < -0.3 is 9.72 Å². The Kier molecular flexibility index (Phi) is 3.98. The van der Waals surface area contributed by atoms with Crippen LogP contribution in [-0.2, 0) is 0 Å². The molecule has 0 saturated heterocycles. The fraction of sp³-hybridized carbons (Fsp3) is 0.333. The van der Waals surface area contributed by atoms with E-state index in [9.17, 15) is 4.79 Å². The molecule has 2 heterocycles. The van der Waals surface area contributed by atoms with E-state index in [4.69, 9.17) is 4.74 Å². The summed E-state index contributed by atoms with van der Waals surface area (Å²) in [5.41, 5.74) is 2.92. The Labute approximate surface area is 139 Å². The van der Waals surface area contributed by atoms with Crippen LogP contribution in [0.4, 0.5) is 0 Å². The van der Waals surface area contributed by atoms with E-state index < -0.39 is 0 Å². The smallest absolute Gasteiger partial charge is 0.260 e. The molecule has 0 spiro atoms. The number of nitrogens with one attached hydrogen (secondary N) is 1. The predicted octanol–water partition coefficient (Wildman–Crippen LogP) is 4.40. The molecule has 0 atom stereocenters. The molecule has 5 heteroatoms. The average molecular weight is 328 g/mol. The molecule has 0 aliphatic carbocycles. The highest BCUT2D eigenvalue weighted by Crippen LogP contribution is 2.40. The fourth-order valence-corrected chi connectivity index (χ4v) is 3.80. The molecule has 4 nitrogen and oxygen atoms in total. The normalized spacial score (nSPS) is 11.4. The van der Waals surface area contributed by atoms with E-state index in [-0.39, 0.29) is 11.5 Å². The number of hydrogen-bond donors (Lipinski definition) is 1. The summed E-state index contributed by atoms with van der Waals surface area (Å²) in [6.45, 7) is 8.11. The third-order valence-electron chi connectivity index (χ3n) is 3.93. The minimum Gasteiger partial charge on any atom is -0.496 e. The largest absolute Gasteiger partial charge is 0.496 e. The first-order valence-corrected chi connectivity index (χ1v) is 8.42. The minimum absolute atomic E-state index is 0.0818. The minimum atomic E-state index is -0.0818. The molecule has 0 radical (unpaired) electrons. The lowest BCUT2D eigenvalue weighted by Gasteiger charge is -2.10. The van der Waals surface area contributed by atoms with Gasteiger partial charge in [-0.25, -0.2) is 4.98 Å². The maximum Gasteiger partial charge on any atom is 0.260 e. The number of thiophene rings is 1. The molecular formula is C18H20N2O2S. The number of rotatable bonds is 3. The zero-order valence-electron chi connectivity index (χ0n) is 14.0. The monoisotopic (exact) mass is 328 g/mol. The first kappa shape index (κ1) is 15.7. The SMILES string of the molecule is COc1ccc(C)cc1-c1c(C)sc2nc(C(C)C)[nH]c(=O)c12. The lowest BCUT2D eigenvalue weighted by atomic mass is 10.0. The number of fused-ring (bicyclic) bond motifs is 1. The van der Waals surface area contributed by atoms with Crippen LogP contribution in [0.5, 0.6) is 5.75 Å². The topological polar surface area (TPSA) is 55.0 Å². The van der Waals surface area contributed by atoms with Crippen molar-refractivity contribution in [3.63, 3.8) is 0 Å². The van der Waals surface area contributed by atoms with Gasteiger partial charge in [-0.05, 0) is 26.0 Å². The van der Waals surface area contributed by atoms with Gasteiger partial charge in [-0.15, -0.1) is 11.3 Å². The van der Waals surface area contributed by atoms with Crippen molar-refractivity contribution in [2.75, 3.05) is 7.11 Å². The maximum atomic E-state index is 12.7. The van der Waals surface area contributed by atoms with E-state index in [0.29, 0.717) is 5.39 Å². The van der Waals surface area contributed by atoms with Gasteiger partial charge in [0.05, 0.1) is 12.5 Å². The number of methoxy groups -OCH3 is 1. The van der Waals surface area contributed by atoms with Crippen molar-refractivity contribution in [3.05, 3.63) is 44.8 Å². The van der Waals surface area contributed by atoms with Gasteiger partial charge >= 0.3 is 0 Å². The van der Waals surface area contributed by atoms with Gasteiger partial charge in [-0.1, -0.05) is 25.5 Å². The van der Waals surface area contributed by atoms with Crippen LogP contribution in [0.15, 0.2) is 23.0 Å². The summed E-state index contributed by atoms with van der Waals surface area (Å²) < 4.78 is 5.50. The third-order valence-corrected chi connectivity index (χ3v) is 4.93. The molecule has 0 amide bonds. The molecule has 0 aliphatic rings. The summed E-state index contributed by atoms with van der Waals surface area (Å²) in [5.74, 6) is 1.68. The van der Waals surface area contributed by atoms with Gasteiger partial charge in [-0.2, -0.15) is 0 Å². The molecule has 23 heavy (non-hydrogen) atoms. The third kappa shape index (κ3) is 2.65. The van der Waals surface area contributed by atoms with Gasteiger partial charge in [0.15, 0.2) is 0 Å². The number of benzene rings is 1. The van der Waals surface area contributed by atoms with Gasteiger partial charge in [-0.3, -0.25) is 4.79 Å². The van der Waals surface area contributed by atoms with Crippen molar-refractivity contribution in [1.82, 2.24) is 9.97 Å². The number of nitrogens with zero attached hydrogens (tertiary/aromatic N) is 1. The lowest BCUT2D eigenvalue weighted by Crippen LogP contribution is -2.12. The van der Waals surface area contributed by atoms with E-state index in [1.165, 1.54) is 0 Å². The molecule has 1 aromatic carbocycles. The molecule has 0 fully saturated rings. The van der Waals surface area contributed by atoms with Crippen molar-refractivity contribution in [1.29, 1.82) is 0 Å². The first-order valence-electron chi connectivity index (χ1n) is 7.60. The molecule has 3 aromatic rings. The number of aromatic nitrogens is 2. The zero-order chi connectivity index (χ0) is 16.7. The molecule has 120 valence electrons. The lowest BCUT2D eigenvalue weighted by molar-refractivity contribution is 0.416. The van der Waals surface area contributed by atoms with E-state index in [0.717, 1.165) is 38.0 Å². The first-order chi connectivity index (χ1) is 10.9. The van der Waals surface area contributed by atoms with Crippen LogP contribution in [0, 0.1) is 13.8 Å². The van der Waals surface area contributed by atoms with Crippen molar-refractivity contribution < 1.29 is 4.74 Å². The van der Waals surface area contributed by atoms with Crippen LogP contribution in [0.25, 0.3) is 21.3 Å². The number of aryl methyl sites for hydroxylation is 2. The van der Waals surface area contributed by atoms with E-state index in [2.05, 4.69) is 16.0 Å². The van der Waals surface area contributed by atoms with E-state index in [1.807, 2.05) is 39.8 Å². The number of hydrogen-bond acceptors (Lipinski definition) is 4. The molecule has 0 saturated carbocycles. The summed E-state index contributed by atoms with van der Waals surface area (Å²) in [6.07, 6.45) is 0. The van der Waals surface area contributed by atoms with Crippen LogP contribution in [0.1, 0.15) is 36.0 Å². The molecule has 1 N–H and O–H groups in total. The highest BCUT2D eigenvalue weighted by Gasteiger charge is 2.20. The quantitative estimate of drug-likeness (QED) is 0.775. The van der Waals surface area contributed by atoms with Crippen LogP contribution in [0.2, 0.25) is 0 Å². The predicted molar refractivity (Wildman–Crippen MR) is 95.8 cm³/mol. The second-order valence-corrected chi connectivity index (χ2v) is 7.23. The van der Waals surface area contributed by atoms with Gasteiger partial charge in [0.2, 0.25) is 0 Å². The Hall–Kier alpha value is -2.14. The molecule has 0 bridgehead atoms. The van der Waals surface area contributed by atoms with Crippen LogP contribution >= 0.6 is 11.3 Å². The fourth-order valence-electron chi connectivity index (χ4n) is 2.75. The van der Waals surface area contributed by atoms with E-state index in [1.54, 1.807) is 18.4 Å². The van der Waals surface area contributed by atoms with Crippen LogP contribution in [0.3, 0.4) is 0 Å². The molecule has 2 aromatic heterocycles. The summed E-state index contributed by atoms with van der Waals surface area (Å²) >= 11 is 1.56. The Morgan fingerprint density at radius 3 is 2.65 bits per heavy atom. The van der Waals surface area contributed by atoms with Crippen molar-refractivity contribution >= 4 is 21.6 Å². The highest BCUT2D eigenvalue weighted by atomic mass is 32.1. The molecular weight excluding hydrogens is 308 g/mol. The van der Waals surface area contributed by atoms with Gasteiger partial charge in [0.25, 0.3) is 5.56 Å². The number of H-pyrrole nitrogens is 1. The Morgan fingerprint density at radius 2 is 2.00 bits per heavy atom. The molecule has 3 rings (SSSR count). The standard InChI is InChI=1S/C18H20N2O2S/c1-9(2)16-19-17(21)15-14(11(4)23-18(15)20-16)12-8-10(3)6-7-13(12)22-5/h6-9H,1-5H3,(H,19,20,21). The average Bonchev–Trinajstić information content (AvgIpc) is 2.83. The van der Waals surface area contributed by atoms with Gasteiger partial charge in [0.1, 0.15) is 16.4 Å². The number of aromatic amines is 1. The zero-order valence-corrected chi connectivity index (χ0v) is 14.8. The highest BCUT2D eigenvalue weighted by molar-refractivity contribution is 7.19. The summed E-state index contributed by atoms with van der Waals surface area (Å²) in [4.78, 5) is 22.1. The summed E-state index contributed by atoms with van der Waals surface area (Å²) in [5, 5.41) is 0.654. The van der Waals surface area contributed by atoms with Crippen LogP contribution < -0.4 is 10.3 Å². The second-order valence-electron chi connectivity index (χ2n) is 6.02. The summed E-state index contributed by atoms with van der Waals surface area (Å²) in [7, 11) is 1.65.